The lowest BCUT2D eigenvalue weighted by Gasteiger charge is -2.01. The van der Waals surface area contributed by atoms with Crippen LogP contribution in [0, 0.1) is 12.7 Å². The standard InChI is InChI=1S/C13H11FN4OS2/c1-8-6-9(19-18-8)7-20-13-17-16-12(21-13)15-11-5-3-2-4-10(11)14/h2-6H,7H2,1H3,(H,15,16). The first-order valence-corrected chi connectivity index (χ1v) is 7.91. The maximum absolute atomic E-state index is 13.5. The van der Waals surface area contributed by atoms with Gasteiger partial charge in [0.1, 0.15) is 11.6 Å². The van der Waals surface area contributed by atoms with Crippen molar-refractivity contribution in [1.82, 2.24) is 15.4 Å². The van der Waals surface area contributed by atoms with Gasteiger partial charge in [0.05, 0.1) is 17.1 Å². The Bertz CT molecular complexity index is 743. The highest BCUT2D eigenvalue weighted by Gasteiger charge is 2.09. The van der Waals surface area contributed by atoms with E-state index >= 15 is 0 Å². The highest BCUT2D eigenvalue weighted by atomic mass is 32.2. The maximum atomic E-state index is 13.5. The Morgan fingerprint density at radius 1 is 1.33 bits per heavy atom. The summed E-state index contributed by atoms with van der Waals surface area (Å²) < 4.78 is 19.4. The average molecular weight is 322 g/mol. The molecule has 0 unspecified atom stereocenters. The smallest absolute Gasteiger partial charge is 0.210 e. The fourth-order valence-electron chi connectivity index (χ4n) is 1.61. The molecule has 0 amide bonds. The van der Waals surface area contributed by atoms with Crippen molar-refractivity contribution in [3.8, 4) is 0 Å². The van der Waals surface area contributed by atoms with Crippen LogP contribution in [0.2, 0.25) is 0 Å². The van der Waals surface area contributed by atoms with E-state index in [0.717, 1.165) is 15.8 Å². The van der Waals surface area contributed by atoms with Gasteiger partial charge in [-0.3, -0.25) is 0 Å². The molecule has 0 fully saturated rings. The fourth-order valence-corrected chi connectivity index (χ4v) is 3.25. The summed E-state index contributed by atoms with van der Waals surface area (Å²) in [4.78, 5) is 0. The number of aromatic nitrogens is 3. The topological polar surface area (TPSA) is 63.8 Å². The fraction of sp³-hybridized carbons (Fsp3) is 0.154. The van der Waals surface area contributed by atoms with Crippen LogP contribution < -0.4 is 5.32 Å². The molecule has 3 aromatic rings. The Morgan fingerprint density at radius 3 is 2.95 bits per heavy atom. The molecule has 1 aromatic carbocycles. The third-order valence-corrected chi connectivity index (χ3v) is 4.53. The van der Waals surface area contributed by atoms with Crippen molar-refractivity contribution in [3.63, 3.8) is 0 Å². The minimum atomic E-state index is -0.320. The van der Waals surface area contributed by atoms with Crippen molar-refractivity contribution >= 4 is 33.9 Å². The lowest BCUT2D eigenvalue weighted by Crippen LogP contribution is -1.92. The quantitative estimate of drug-likeness (QED) is 0.716. The van der Waals surface area contributed by atoms with Crippen LogP contribution in [0.3, 0.4) is 0 Å². The molecule has 0 aliphatic carbocycles. The zero-order valence-electron chi connectivity index (χ0n) is 11.0. The molecule has 2 aromatic heterocycles. The Kier molecular flexibility index (Phi) is 4.16. The number of hydrogen-bond donors (Lipinski definition) is 1. The second kappa shape index (κ2) is 6.23. The number of nitrogens with one attached hydrogen (secondary N) is 1. The van der Waals surface area contributed by atoms with Crippen LogP contribution in [0.4, 0.5) is 15.2 Å². The summed E-state index contributed by atoms with van der Waals surface area (Å²) in [5, 5.41) is 15.3. The van der Waals surface area contributed by atoms with Crippen LogP contribution in [0.1, 0.15) is 11.5 Å². The van der Waals surface area contributed by atoms with Gasteiger partial charge in [-0.1, -0.05) is 40.4 Å². The van der Waals surface area contributed by atoms with Gasteiger partial charge in [0.25, 0.3) is 0 Å². The molecule has 0 spiro atoms. The van der Waals surface area contributed by atoms with Gasteiger partial charge >= 0.3 is 0 Å². The molecule has 21 heavy (non-hydrogen) atoms. The summed E-state index contributed by atoms with van der Waals surface area (Å²) in [6.07, 6.45) is 0. The largest absolute Gasteiger partial charge is 0.360 e. The summed E-state index contributed by atoms with van der Waals surface area (Å²) in [6, 6.07) is 8.33. The molecule has 1 N–H and O–H groups in total. The molecular formula is C13H11FN4OS2. The number of thioether (sulfide) groups is 1. The van der Waals surface area contributed by atoms with E-state index in [9.17, 15) is 4.39 Å². The van der Waals surface area contributed by atoms with E-state index in [0.29, 0.717) is 16.6 Å². The van der Waals surface area contributed by atoms with E-state index < -0.39 is 0 Å². The molecule has 108 valence electrons. The van der Waals surface area contributed by atoms with E-state index in [4.69, 9.17) is 4.52 Å². The Morgan fingerprint density at radius 2 is 2.19 bits per heavy atom. The van der Waals surface area contributed by atoms with Crippen molar-refractivity contribution in [2.75, 3.05) is 5.32 Å². The predicted molar refractivity (Wildman–Crippen MR) is 80.4 cm³/mol. The number of nitrogens with zero attached hydrogens (tertiary/aromatic N) is 3. The van der Waals surface area contributed by atoms with Crippen LogP contribution in [0.15, 0.2) is 39.2 Å². The monoisotopic (exact) mass is 322 g/mol. The molecule has 2 heterocycles. The maximum Gasteiger partial charge on any atom is 0.210 e. The minimum absolute atomic E-state index is 0.320. The second-order valence-electron chi connectivity index (χ2n) is 4.20. The molecule has 0 saturated carbocycles. The number of para-hydroxylation sites is 1. The number of rotatable bonds is 5. The van der Waals surface area contributed by atoms with Crippen LogP contribution >= 0.6 is 23.1 Å². The molecule has 3 rings (SSSR count). The number of hydrogen-bond acceptors (Lipinski definition) is 7. The van der Waals surface area contributed by atoms with Gasteiger partial charge in [-0.25, -0.2) is 4.39 Å². The summed E-state index contributed by atoms with van der Waals surface area (Å²) in [5.74, 6) is 1.10. The van der Waals surface area contributed by atoms with Gasteiger partial charge < -0.3 is 9.84 Å². The first-order chi connectivity index (χ1) is 10.2. The van der Waals surface area contributed by atoms with E-state index in [1.165, 1.54) is 29.2 Å². The SMILES string of the molecule is Cc1cc(CSc2nnc(Nc3ccccc3F)s2)on1. The second-order valence-corrected chi connectivity index (χ2v) is 6.40. The minimum Gasteiger partial charge on any atom is -0.360 e. The third-order valence-electron chi connectivity index (χ3n) is 2.54. The zero-order valence-corrected chi connectivity index (χ0v) is 12.7. The molecule has 8 heteroatoms. The highest BCUT2D eigenvalue weighted by Crippen LogP contribution is 2.30. The lowest BCUT2D eigenvalue weighted by molar-refractivity contribution is 0.391. The van der Waals surface area contributed by atoms with Gasteiger partial charge in [-0.15, -0.1) is 10.2 Å². The highest BCUT2D eigenvalue weighted by molar-refractivity contribution is 8.00. The lowest BCUT2D eigenvalue weighted by atomic mass is 10.3. The average Bonchev–Trinajstić information content (AvgIpc) is 3.08. The zero-order chi connectivity index (χ0) is 14.7. The van der Waals surface area contributed by atoms with Crippen LogP contribution in [0.5, 0.6) is 0 Å². The van der Waals surface area contributed by atoms with Crippen molar-refractivity contribution in [1.29, 1.82) is 0 Å². The normalized spacial score (nSPS) is 10.8. The van der Waals surface area contributed by atoms with Crippen molar-refractivity contribution in [2.24, 2.45) is 0 Å². The number of aryl methyl sites for hydroxylation is 1. The van der Waals surface area contributed by atoms with E-state index in [1.807, 2.05) is 13.0 Å². The Hall–Kier alpha value is -1.93. The molecule has 0 radical (unpaired) electrons. The van der Waals surface area contributed by atoms with Crippen molar-refractivity contribution in [3.05, 3.63) is 47.6 Å². The molecule has 0 aliphatic heterocycles. The molecular weight excluding hydrogens is 311 g/mol. The first kappa shape index (κ1) is 14.0. The number of halogens is 1. The molecule has 0 bridgehead atoms. The Balaban J connectivity index is 1.62. The molecule has 5 nitrogen and oxygen atoms in total. The van der Waals surface area contributed by atoms with Crippen LogP contribution in [-0.4, -0.2) is 15.4 Å². The summed E-state index contributed by atoms with van der Waals surface area (Å²) in [6.45, 7) is 1.87. The Labute approximate surface area is 128 Å². The van der Waals surface area contributed by atoms with Gasteiger partial charge in [-0.05, 0) is 19.1 Å². The van der Waals surface area contributed by atoms with E-state index in [1.54, 1.807) is 18.2 Å². The number of anilines is 2. The summed E-state index contributed by atoms with van der Waals surface area (Å²) >= 11 is 2.86. The molecule has 0 aliphatic rings. The van der Waals surface area contributed by atoms with Crippen molar-refractivity contribution in [2.45, 2.75) is 17.0 Å². The van der Waals surface area contributed by atoms with E-state index in [2.05, 4.69) is 20.7 Å². The van der Waals surface area contributed by atoms with Crippen molar-refractivity contribution < 1.29 is 8.91 Å². The molecule has 0 atom stereocenters. The van der Waals surface area contributed by atoms with Gasteiger partial charge in [0.15, 0.2) is 4.34 Å². The summed E-state index contributed by atoms with van der Waals surface area (Å²) in [7, 11) is 0. The third kappa shape index (κ3) is 3.59. The van der Waals surface area contributed by atoms with Crippen LogP contribution in [0.25, 0.3) is 0 Å². The summed E-state index contributed by atoms with van der Waals surface area (Å²) in [5.41, 5.74) is 1.24. The van der Waals surface area contributed by atoms with Gasteiger partial charge in [0, 0.05) is 6.07 Å². The number of benzene rings is 1. The predicted octanol–water partition coefficient (Wildman–Crippen LogP) is 4.01. The van der Waals surface area contributed by atoms with Crippen LogP contribution in [-0.2, 0) is 5.75 Å². The first-order valence-electron chi connectivity index (χ1n) is 6.11. The van der Waals surface area contributed by atoms with Gasteiger partial charge in [-0.2, -0.15) is 0 Å². The molecule has 0 saturated heterocycles. The van der Waals surface area contributed by atoms with E-state index in [-0.39, 0.29) is 5.82 Å². The van der Waals surface area contributed by atoms with Gasteiger partial charge in [0.2, 0.25) is 5.13 Å².